The predicted octanol–water partition coefficient (Wildman–Crippen LogP) is 2.12. The summed E-state index contributed by atoms with van der Waals surface area (Å²) < 4.78 is 0. The number of nitrogens with one attached hydrogen (secondary N) is 3. The maximum Gasteiger partial charge on any atom is 0.322 e. The highest BCUT2D eigenvalue weighted by Gasteiger charge is 2.56. The van der Waals surface area contributed by atoms with E-state index in [-0.39, 0.29) is 24.3 Å². The Kier molecular flexibility index (Phi) is 4.31. The van der Waals surface area contributed by atoms with Crippen molar-refractivity contribution in [3.8, 4) is 11.3 Å². The molecular weight excluding hydrogens is 368 g/mol. The van der Waals surface area contributed by atoms with Gasteiger partial charge in [0.2, 0.25) is 0 Å². The van der Waals surface area contributed by atoms with Crippen molar-refractivity contribution in [1.29, 1.82) is 0 Å². The molecule has 1 saturated heterocycles. The lowest BCUT2D eigenvalue weighted by molar-refractivity contribution is -0.124. The lowest BCUT2D eigenvalue weighted by Crippen LogP contribution is -2.57. The third-order valence-corrected chi connectivity index (χ3v) is 5.19. The Morgan fingerprint density at radius 1 is 1.22 bits per heavy atom. The van der Waals surface area contributed by atoms with E-state index >= 15 is 0 Å². The summed E-state index contributed by atoms with van der Waals surface area (Å²) in [6, 6.07) is 9.86. The van der Waals surface area contributed by atoms with E-state index < -0.39 is 11.6 Å². The molecule has 2 aliphatic rings. The Balaban J connectivity index is 1.56. The van der Waals surface area contributed by atoms with Crippen LogP contribution in [0.3, 0.4) is 0 Å². The first-order chi connectivity index (χ1) is 13.0. The van der Waals surface area contributed by atoms with Crippen molar-refractivity contribution in [2.24, 2.45) is 5.92 Å². The third kappa shape index (κ3) is 3.26. The van der Waals surface area contributed by atoms with E-state index in [2.05, 4.69) is 20.9 Å². The molecule has 0 radical (unpaired) electrons. The minimum absolute atomic E-state index is 0.0308. The number of hydrogen-bond donors (Lipinski definition) is 3. The van der Waals surface area contributed by atoms with Crippen LogP contribution in [-0.2, 0) is 4.79 Å². The van der Waals surface area contributed by atoms with E-state index in [1.165, 1.54) is 0 Å². The second kappa shape index (κ2) is 6.66. The summed E-state index contributed by atoms with van der Waals surface area (Å²) >= 11 is 5.93. The molecule has 2 heterocycles. The van der Waals surface area contributed by atoms with Gasteiger partial charge in [0, 0.05) is 16.8 Å². The van der Waals surface area contributed by atoms with Crippen LogP contribution in [0.25, 0.3) is 11.3 Å². The van der Waals surface area contributed by atoms with Gasteiger partial charge in [-0.1, -0.05) is 23.7 Å². The maximum absolute atomic E-state index is 12.8. The standard InChI is InChI=1S/C19H17ClN4O3/c20-13-7-3-11(4-8-13)15-14(2-1-9-21-15)16(25)22-10-19(12-5-6-12)17(26)23-18(27)24-19/h1-4,7-9,12H,5-6,10H2,(H,22,25)(H2,23,24,26,27)/t19-/m0/s1. The number of imide groups is 1. The Morgan fingerprint density at radius 3 is 2.59 bits per heavy atom. The molecule has 3 N–H and O–H groups in total. The molecule has 1 atom stereocenters. The molecule has 4 amide bonds. The molecule has 1 aromatic carbocycles. The second-order valence-electron chi connectivity index (χ2n) is 6.74. The fourth-order valence-electron chi connectivity index (χ4n) is 3.38. The molecule has 4 rings (SSSR count). The molecule has 138 valence electrons. The zero-order chi connectivity index (χ0) is 19.0. The fourth-order valence-corrected chi connectivity index (χ4v) is 3.50. The van der Waals surface area contributed by atoms with Gasteiger partial charge in [-0.3, -0.25) is 19.9 Å². The van der Waals surface area contributed by atoms with Gasteiger partial charge in [0.05, 0.1) is 17.8 Å². The van der Waals surface area contributed by atoms with Gasteiger partial charge in [0.25, 0.3) is 11.8 Å². The third-order valence-electron chi connectivity index (χ3n) is 4.94. The number of halogens is 1. The van der Waals surface area contributed by atoms with Crippen molar-refractivity contribution >= 4 is 29.4 Å². The van der Waals surface area contributed by atoms with Crippen LogP contribution >= 0.6 is 11.6 Å². The van der Waals surface area contributed by atoms with Crippen LogP contribution in [0, 0.1) is 5.92 Å². The van der Waals surface area contributed by atoms with Crippen LogP contribution < -0.4 is 16.0 Å². The summed E-state index contributed by atoms with van der Waals surface area (Å²) in [5.41, 5.74) is 0.589. The molecule has 7 nitrogen and oxygen atoms in total. The largest absolute Gasteiger partial charge is 0.349 e. The average molecular weight is 385 g/mol. The zero-order valence-electron chi connectivity index (χ0n) is 14.3. The van der Waals surface area contributed by atoms with Crippen molar-refractivity contribution in [2.75, 3.05) is 6.54 Å². The van der Waals surface area contributed by atoms with Gasteiger partial charge >= 0.3 is 6.03 Å². The summed E-state index contributed by atoms with van der Waals surface area (Å²) in [5, 5.41) is 8.35. The van der Waals surface area contributed by atoms with E-state index in [1.54, 1.807) is 42.6 Å². The monoisotopic (exact) mass is 384 g/mol. The van der Waals surface area contributed by atoms with Gasteiger partial charge < -0.3 is 10.6 Å². The van der Waals surface area contributed by atoms with Gasteiger partial charge in [-0.05, 0) is 43.0 Å². The number of urea groups is 1. The number of amides is 4. The first-order valence-corrected chi connectivity index (χ1v) is 9.00. The van der Waals surface area contributed by atoms with Crippen LogP contribution in [0.2, 0.25) is 5.02 Å². The lowest BCUT2D eigenvalue weighted by Gasteiger charge is -2.26. The van der Waals surface area contributed by atoms with Crippen LogP contribution in [0.15, 0.2) is 42.6 Å². The normalized spacial score (nSPS) is 21.5. The quantitative estimate of drug-likeness (QED) is 0.687. The first kappa shape index (κ1) is 17.5. The summed E-state index contributed by atoms with van der Waals surface area (Å²) in [7, 11) is 0. The molecule has 1 aliphatic heterocycles. The zero-order valence-corrected chi connectivity index (χ0v) is 15.0. The Morgan fingerprint density at radius 2 is 1.96 bits per heavy atom. The molecule has 8 heteroatoms. The van der Waals surface area contributed by atoms with Crippen molar-refractivity contribution in [2.45, 2.75) is 18.4 Å². The van der Waals surface area contributed by atoms with Crippen molar-refractivity contribution in [3.05, 3.63) is 53.2 Å². The molecule has 1 aliphatic carbocycles. The highest BCUT2D eigenvalue weighted by atomic mass is 35.5. The number of carbonyl (C=O) groups excluding carboxylic acids is 3. The van der Waals surface area contributed by atoms with Crippen molar-refractivity contribution in [3.63, 3.8) is 0 Å². The molecule has 1 aromatic heterocycles. The summed E-state index contributed by atoms with van der Waals surface area (Å²) in [6.07, 6.45) is 3.29. The lowest BCUT2D eigenvalue weighted by atomic mass is 9.93. The minimum atomic E-state index is -1.07. The fraction of sp³-hybridized carbons (Fsp3) is 0.263. The maximum atomic E-state index is 12.8. The van der Waals surface area contributed by atoms with E-state index in [4.69, 9.17) is 11.6 Å². The van der Waals surface area contributed by atoms with Crippen LogP contribution in [0.5, 0.6) is 0 Å². The number of rotatable bonds is 5. The van der Waals surface area contributed by atoms with E-state index in [9.17, 15) is 14.4 Å². The molecule has 2 aromatic rings. The smallest absolute Gasteiger partial charge is 0.322 e. The van der Waals surface area contributed by atoms with Gasteiger partial charge in [-0.2, -0.15) is 0 Å². The second-order valence-corrected chi connectivity index (χ2v) is 7.18. The van der Waals surface area contributed by atoms with E-state index in [0.29, 0.717) is 16.3 Å². The Bertz CT molecular complexity index is 927. The Labute approximate surface area is 160 Å². The molecule has 0 bridgehead atoms. The number of carbonyl (C=O) groups is 3. The molecule has 0 unspecified atom stereocenters. The molecule has 27 heavy (non-hydrogen) atoms. The van der Waals surface area contributed by atoms with E-state index in [1.807, 2.05) is 0 Å². The van der Waals surface area contributed by atoms with Gasteiger partial charge in [-0.15, -0.1) is 0 Å². The predicted molar refractivity (Wildman–Crippen MR) is 99.1 cm³/mol. The van der Waals surface area contributed by atoms with Gasteiger partial charge in [-0.25, -0.2) is 4.79 Å². The SMILES string of the molecule is O=C1NC(=O)[C@](CNC(=O)c2cccnc2-c2ccc(Cl)cc2)(C2CC2)N1. The average Bonchev–Trinajstić information content (AvgIpc) is 3.47. The van der Waals surface area contributed by atoms with Gasteiger partial charge in [0.15, 0.2) is 0 Å². The highest BCUT2D eigenvalue weighted by molar-refractivity contribution is 6.30. The molecule has 1 saturated carbocycles. The first-order valence-electron chi connectivity index (χ1n) is 8.62. The minimum Gasteiger partial charge on any atom is -0.349 e. The number of benzene rings is 1. The number of nitrogens with zero attached hydrogens (tertiary/aromatic N) is 1. The Hall–Kier alpha value is -2.93. The number of hydrogen-bond acceptors (Lipinski definition) is 4. The highest BCUT2D eigenvalue weighted by Crippen LogP contribution is 2.41. The summed E-state index contributed by atoms with van der Waals surface area (Å²) in [4.78, 5) is 41.0. The van der Waals surface area contributed by atoms with Crippen LogP contribution in [0.4, 0.5) is 4.79 Å². The van der Waals surface area contributed by atoms with Crippen molar-refractivity contribution < 1.29 is 14.4 Å². The topological polar surface area (TPSA) is 100 Å². The van der Waals surface area contributed by atoms with Crippen LogP contribution in [-0.4, -0.2) is 34.9 Å². The summed E-state index contributed by atoms with van der Waals surface area (Å²) in [6.45, 7) is 0.0308. The van der Waals surface area contributed by atoms with Crippen LogP contribution in [0.1, 0.15) is 23.2 Å². The molecular formula is C19H17ClN4O3. The number of aromatic nitrogens is 1. The molecule has 0 spiro atoms. The van der Waals surface area contributed by atoms with E-state index in [0.717, 1.165) is 18.4 Å². The summed E-state index contributed by atoms with van der Waals surface area (Å²) in [5.74, 6) is -0.713. The van der Waals surface area contributed by atoms with Gasteiger partial charge in [0.1, 0.15) is 5.54 Å². The molecule has 2 fully saturated rings. The number of pyridine rings is 1. The van der Waals surface area contributed by atoms with Crippen molar-refractivity contribution in [1.82, 2.24) is 20.9 Å².